The monoisotopic (exact) mass is 253 g/mol. The molecule has 96 valence electrons. The van der Waals surface area contributed by atoms with Crippen molar-refractivity contribution in [2.75, 3.05) is 11.5 Å². The van der Waals surface area contributed by atoms with Crippen molar-refractivity contribution in [2.24, 2.45) is 0 Å². The Morgan fingerprint density at radius 1 is 1.11 bits per heavy atom. The van der Waals surface area contributed by atoms with Crippen molar-refractivity contribution >= 4 is 22.5 Å². The first-order valence-electron chi connectivity index (χ1n) is 6.22. The summed E-state index contributed by atoms with van der Waals surface area (Å²) in [6.07, 6.45) is 0.881. The van der Waals surface area contributed by atoms with E-state index in [1.165, 1.54) is 0 Å². The highest BCUT2D eigenvalue weighted by Crippen LogP contribution is 2.28. The van der Waals surface area contributed by atoms with Gasteiger partial charge in [-0.25, -0.2) is 4.98 Å². The molecule has 0 bridgehead atoms. The van der Waals surface area contributed by atoms with Gasteiger partial charge in [0.05, 0.1) is 0 Å². The molecule has 2 aromatic carbocycles. The molecule has 3 aromatic rings. The Hall–Kier alpha value is -2.49. The first-order chi connectivity index (χ1) is 9.17. The van der Waals surface area contributed by atoms with Gasteiger partial charge in [0, 0.05) is 23.0 Å². The smallest absolute Gasteiger partial charge is 0.227 e. The van der Waals surface area contributed by atoms with Gasteiger partial charge in [-0.05, 0) is 42.3 Å². The number of oxazole rings is 1. The minimum absolute atomic E-state index is 0.586. The van der Waals surface area contributed by atoms with E-state index in [-0.39, 0.29) is 0 Å². The van der Waals surface area contributed by atoms with E-state index in [2.05, 4.69) is 11.9 Å². The molecule has 4 N–H and O–H groups in total. The summed E-state index contributed by atoms with van der Waals surface area (Å²) in [6, 6.07) is 11.3. The molecule has 0 aliphatic carbocycles. The van der Waals surface area contributed by atoms with Gasteiger partial charge in [0.1, 0.15) is 5.52 Å². The highest BCUT2D eigenvalue weighted by molar-refractivity contribution is 5.81. The summed E-state index contributed by atoms with van der Waals surface area (Å²) in [5.74, 6) is 0.586. The molecule has 4 nitrogen and oxygen atoms in total. The lowest BCUT2D eigenvalue weighted by atomic mass is 10.1. The van der Waals surface area contributed by atoms with Gasteiger partial charge in [-0.2, -0.15) is 0 Å². The van der Waals surface area contributed by atoms with Crippen molar-refractivity contribution in [3.8, 4) is 11.5 Å². The Morgan fingerprint density at radius 2 is 1.84 bits per heavy atom. The second-order valence-corrected chi connectivity index (χ2v) is 4.51. The number of aromatic nitrogens is 1. The molecule has 0 atom stereocenters. The van der Waals surface area contributed by atoms with Crippen LogP contribution in [-0.2, 0) is 6.42 Å². The molecular weight excluding hydrogens is 238 g/mol. The van der Waals surface area contributed by atoms with Crippen LogP contribution in [0.2, 0.25) is 0 Å². The topological polar surface area (TPSA) is 78.1 Å². The molecule has 0 saturated heterocycles. The van der Waals surface area contributed by atoms with Gasteiger partial charge in [0.25, 0.3) is 0 Å². The average Bonchev–Trinajstić information content (AvgIpc) is 2.81. The van der Waals surface area contributed by atoms with Crippen LogP contribution < -0.4 is 11.5 Å². The van der Waals surface area contributed by atoms with Crippen LogP contribution in [0.15, 0.2) is 40.8 Å². The summed E-state index contributed by atoms with van der Waals surface area (Å²) in [6.45, 7) is 2.07. The van der Waals surface area contributed by atoms with E-state index in [1.54, 1.807) is 0 Å². The van der Waals surface area contributed by atoms with E-state index in [1.807, 2.05) is 36.4 Å². The lowest BCUT2D eigenvalue weighted by Gasteiger charge is -2.00. The zero-order valence-electron chi connectivity index (χ0n) is 10.7. The fourth-order valence-electron chi connectivity index (χ4n) is 2.09. The molecule has 0 aliphatic heterocycles. The summed E-state index contributed by atoms with van der Waals surface area (Å²) < 4.78 is 5.74. The average molecular weight is 253 g/mol. The fourth-order valence-corrected chi connectivity index (χ4v) is 2.09. The fraction of sp³-hybridized carbons (Fsp3) is 0.133. The van der Waals surface area contributed by atoms with E-state index < -0.39 is 0 Å². The van der Waals surface area contributed by atoms with E-state index in [9.17, 15) is 0 Å². The third-order valence-corrected chi connectivity index (χ3v) is 3.19. The molecule has 1 aromatic heterocycles. The summed E-state index contributed by atoms with van der Waals surface area (Å²) in [7, 11) is 0. The predicted octanol–water partition coefficient (Wildman–Crippen LogP) is 3.22. The summed E-state index contributed by atoms with van der Waals surface area (Å²) >= 11 is 0. The lowest BCUT2D eigenvalue weighted by Crippen LogP contribution is -1.91. The number of rotatable bonds is 2. The maximum Gasteiger partial charge on any atom is 0.227 e. The van der Waals surface area contributed by atoms with Crippen LogP contribution >= 0.6 is 0 Å². The second kappa shape index (κ2) is 4.31. The number of nitrogens with zero attached hydrogens (tertiary/aromatic N) is 1. The van der Waals surface area contributed by atoms with Crippen molar-refractivity contribution in [1.29, 1.82) is 0 Å². The van der Waals surface area contributed by atoms with Crippen molar-refractivity contribution in [3.05, 3.63) is 42.0 Å². The maximum absolute atomic E-state index is 5.96. The molecular formula is C15H15N3O. The van der Waals surface area contributed by atoms with Gasteiger partial charge < -0.3 is 15.9 Å². The van der Waals surface area contributed by atoms with Crippen molar-refractivity contribution in [2.45, 2.75) is 13.3 Å². The first kappa shape index (κ1) is 11.6. The minimum Gasteiger partial charge on any atom is -0.436 e. The zero-order valence-corrected chi connectivity index (χ0v) is 10.7. The molecule has 0 radical (unpaired) electrons. The van der Waals surface area contributed by atoms with Gasteiger partial charge in [-0.1, -0.05) is 6.92 Å². The number of benzene rings is 2. The van der Waals surface area contributed by atoms with Gasteiger partial charge >= 0.3 is 0 Å². The molecule has 4 heteroatoms. The number of hydrogen-bond acceptors (Lipinski definition) is 4. The Kier molecular flexibility index (Phi) is 2.63. The third-order valence-electron chi connectivity index (χ3n) is 3.19. The number of nitrogens with two attached hydrogens (primary N) is 2. The molecule has 1 heterocycles. The van der Waals surface area contributed by atoms with E-state index in [0.29, 0.717) is 11.5 Å². The maximum atomic E-state index is 5.96. The zero-order chi connectivity index (χ0) is 13.4. The molecule has 0 unspecified atom stereocenters. The quantitative estimate of drug-likeness (QED) is 0.687. The summed E-state index contributed by atoms with van der Waals surface area (Å²) in [5, 5.41) is 0. The van der Waals surface area contributed by atoms with Gasteiger partial charge in [-0.15, -0.1) is 0 Å². The molecule has 0 amide bonds. The number of aryl methyl sites for hydroxylation is 1. The molecule has 0 spiro atoms. The Balaban J connectivity index is 2.13. The highest BCUT2D eigenvalue weighted by Gasteiger charge is 2.10. The van der Waals surface area contributed by atoms with E-state index in [4.69, 9.17) is 15.9 Å². The largest absolute Gasteiger partial charge is 0.436 e. The van der Waals surface area contributed by atoms with Crippen LogP contribution in [0.4, 0.5) is 11.4 Å². The van der Waals surface area contributed by atoms with Crippen LogP contribution in [0.3, 0.4) is 0 Å². The van der Waals surface area contributed by atoms with Gasteiger partial charge in [-0.3, -0.25) is 0 Å². The van der Waals surface area contributed by atoms with Crippen LogP contribution in [0, 0.1) is 0 Å². The van der Waals surface area contributed by atoms with Crippen molar-refractivity contribution in [1.82, 2.24) is 4.98 Å². The minimum atomic E-state index is 0.586. The van der Waals surface area contributed by atoms with Gasteiger partial charge in [0.2, 0.25) is 5.89 Å². The highest BCUT2D eigenvalue weighted by atomic mass is 16.3. The van der Waals surface area contributed by atoms with Crippen LogP contribution in [-0.4, -0.2) is 4.98 Å². The lowest BCUT2D eigenvalue weighted by molar-refractivity contribution is 0.620. The van der Waals surface area contributed by atoms with E-state index in [0.717, 1.165) is 34.4 Å². The van der Waals surface area contributed by atoms with Crippen LogP contribution in [0.25, 0.3) is 22.6 Å². The molecule has 3 rings (SSSR count). The standard InChI is InChI=1S/C15H15N3O/c1-2-9-7-13-14(8-12(9)17)19-15(18-13)10-3-5-11(16)6-4-10/h3-8H,2,16-17H2,1H3. The first-order valence-corrected chi connectivity index (χ1v) is 6.22. The molecule has 19 heavy (non-hydrogen) atoms. The summed E-state index contributed by atoms with van der Waals surface area (Å²) in [4.78, 5) is 4.50. The molecule has 0 saturated carbocycles. The van der Waals surface area contributed by atoms with Gasteiger partial charge in [0.15, 0.2) is 5.58 Å². The van der Waals surface area contributed by atoms with E-state index >= 15 is 0 Å². The number of nitrogen functional groups attached to an aromatic ring is 2. The predicted molar refractivity (Wildman–Crippen MR) is 77.6 cm³/mol. The van der Waals surface area contributed by atoms with Crippen LogP contribution in [0.5, 0.6) is 0 Å². The SMILES string of the molecule is CCc1cc2nc(-c3ccc(N)cc3)oc2cc1N. The number of anilines is 2. The second-order valence-electron chi connectivity index (χ2n) is 4.51. The third kappa shape index (κ3) is 2.01. The van der Waals surface area contributed by atoms with Crippen molar-refractivity contribution < 1.29 is 4.42 Å². The van der Waals surface area contributed by atoms with Crippen LogP contribution in [0.1, 0.15) is 12.5 Å². The van der Waals surface area contributed by atoms with Crippen molar-refractivity contribution in [3.63, 3.8) is 0 Å². The summed E-state index contributed by atoms with van der Waals surface area (Å²) in [5.41, 5.74) is 16.6. The number of hydrogen-bond donors (Lipinski definition) is 2. The number of fused-ring (bicyclic) bond motifs is 1. The molecule has 0 fully saturated rings. The Labute approximate surface area is 111 Å². The Morgan fingerprint density at radius 3 is 2.53 bits per heavy atom. The Bertz CT molecular complexity index is 729. The molecule has 0 aliphatic rings. The normalized spacial score (nSPS) is 11.0.